The first kappa shape index (κ1) is 15.1. The van der Waals surface area contributed by atoms with Crippen LogP contribution in [0.5, 0.6) is 0 Å². The molecule has 0 saturated heterocycles. The van der Waals surface area contributed by atoms with Crippen LogP contribution in [0.4, 0.5) is 0 Å². The minimum Gasteiger partial charge on any atom is -0.387 e. The summed E-state index contributed by atoms with van der Waals surface area (Å²) >= 11 is 12.0. The molecule has 0 aliphatic heterocycles. The molecule has 1 aliphatic rings. The van der Waals surface area contributed by atoms with Crippen molar-refractivity contribution in [3.63, 3.8) is 0 Å². The standard InChI is InChI=1S/C15H21Cl2NO/c1-2-12(7-10-3-4-10)18-9-15(19)13-8-11(16)5-6-14(13)17/h5-6,8,10,12,15,18-19H,2-4,7,9H2,1H3. The van der Waals surface area contributed by atoms with Gasteiger partial charge in [-0.15, -0.1) is 0 Å². The van der Waals surface area contributed by atoms with Gasteiger partial charge in [-0.25, -0.2) is 0 Å². The Morgan fingerprint density at radius 1 is 1.37 bits per heavy atom. The molecule has 19 heavy (non-hydrogen) atoms. The molecule has 1 saturated carbocycles. The average Bonchev–Trinajstić information content (AvgIpc) is 3.20. The number of hydrogen-bond donors (Lipinski definition) is 2. The van der Waals surface area contributed by atoms with Crippen molar-refractivity contribution in [1.29, 1.82) is 0 Å². The molecule has 1 aromatic rings. The van der Waals surface area contributed by atoms with Crippen molar-refractivity contribution in [2.75, 3.05) is 6.54 Å². The zero-order valence-corrected chi connectivity index (χ0v) is 12.7. The number of nitrogens with one attached hydrogen (secondary N) is 1. The van der Waals surface area contributed by atoms with Crippen LogP contribution in [-0.4, -0.2) is 17.7 Å². The van der Waals surface area contributed by atoms with E-state index in [2.05, 4.69) is 12.2 Å². The van der Waals surface area contributed by atoms with Gasteiger partial charge >= 0.3 is 0 Å². The van der Waals surface area contributed by atoms with Gasteiger partial charge in [0.05, 0.1) is 6.10 Å². The highest BCUT2D eigenvalue weighted by Crippen LogP contribution is 2.34. The van der Waals surface area contributed by atoms with Crippen LogP contribution in [-0.2, 0) is 0 Å². The van der Waals surface area contributed by atoms with Crippen LogP contribution in [0.25, 0.3) is 0 Å². The van der Waals surface area contributed by atoms with Gasteiger partial charge in [-0.1, -0.05) is 43.0 Å². The maximum atomic E-state index is 10.2. The molecule has 2 N–H and O–H groups in total. The highest BCUT2D eigenvalue weighted by molar-refractivity contribution is 6.33. The Labute approximate surface area is 125 Å². The molecule has 2 unspecified atom stereocenters. The maximum Gasteiger partial charge on any atom is 0.0929 e. The lowest BCUT2D eigenvalue weighted by Crippen LogP contribution is -2.32. The lowest BCUT2D eigenvalue weighted by Gasteiger charge is -2.20. The molecule has 4 heteroatoms. The van der Waals surface area contributed by atoms with Crippen molar-refractivity contribution in [1.82, 2.24) is 5.32 Å². The van der Waals surface area contributed by atoms with Crippen molar-refractivity contribution >= 4 is 23.2 Å². The molecule has 2 atom stereocenters. The second-order valence-corrected chi connectivity index (χ2v) is 6.22. The highest BCUT2D eigenvalue weighted by Gasteiger charge is 2.25. The first-order chi connectivity index (χ1) is 9.10. The molecular weight excluding hydrogens is 281 g/mol. The summed E-state index contributed by atoms with van der Waals surface area (Å²) in [5.74, 6) is 0.893. The van der Waals surface area contributed by atoms with Crippen molar-refractivity contribution in [3.05, 3.63) is 33.8 Å². The zero-order valence-electron chi connectivity index (χ0n) is 11.2. The highest BCUT2D eigenvalue weighted by atomic mass is 35.5. The van der Waals surface area contributed by atoms with E-state index in [0.29, 0.717) is 28.2 Å². The number of hydrogen-bond acceptors (Lipinski definition) is 2. The van der Waals surface area contributed by atoms with E-state index in [1.807, 2.05) is 0 Å². The molecule has 2 rings (SSSR count). The maximum absolute atomic E-state index is 10.2. The van der Waals surface area contributed by atoms with Gasteiger partial charge in [-0.3, -0.25) is 0 Å². The zero-order chi connectivity index (χ0) is 13.8. The lowest BCUT2D eigenvalue weighted by molar-refractivity contribution is 0.168. The van der Waals surface area contributed by atoms with Crippen LogP contribution in [0.2, 0.25) is 10.0 Å². The summed E-state index contributed by atoms with van der Waals surface area (Å²) in [7, 11) is 0. The SMILES string of the molecule is CCC(CC1CC1)NCC(O)c1cc(Cl)ccc1Cl. The summed E-state index contributed by atoms with van der Waals surface area (Å²) in [6.07, 6.45) is 4.42. The minimum absolute atomic E-state index is 0.486. The van der Waals surface area contributed by atoms with Gasteiger partial charge in [-0.2, -0.15) is 0 Å². The summed E-state index contributed by atoms with van der Waals surface area (Å²) in [5.41, 5.74) is 0.697. The fourth-order valence-electron chi connectivity index (χ4n) is 2.31. The molecule has 1 fully saturated rings. The third kappa shape index (κ3) is 4.64. The van der Waals surface area contributed by atoms with E-state index in [9.17, 15) is 5.11 Å². The molecule has 0 amide bonds. The largest absolute Gasteiger partial charge is 0.387 e. The Morgan fingerprint density at radius 2 is 2.11 bits per heavy atom. The van der Waals surface area contributed by atoms with Crippen LogP contribution < -0.4 is 5.32 Å². The number of rotatable bonds is 7. The molecule has 1 aromatic carbocycles. The van der Waals surface area contributed by atoms with Crippen LogP contribution in [0.3, 0.4) is 0 Å². The van der Waals surface area contributed by atoms with Gasteiger partial charge in [0.15, 0.2) is 0 Å². The quantitative estimate of drug-likeness (QED) is 0.791. The van der Waals surface area contributed by atoms with Crippen molar-refractivity contribution < 1.29 is 5.11 Å². The number of halogens is 2. The summed E-state index contributed by atoms with van der Waals surface area (Å²) in [6.45, 7) is 2.70. The van der Waals surface area contributed by atoms with Crippen molar-refractivity contribution in [3.8, 4) is 0 Å². The lowest BCUT2D eigenvalue weighted by atomic mass is 10.1. The van der Waals surface area contributed by atoms with E-state index in [0.717, 1.165) is 12.3 Å². The predicted molar refractivity (Wildman–Crippen MR) is 80.8 cm³/mol. The van der Waals surface area contributed by atoms with E-state index in [-0.39, 0.29) is 0 Å². The van der Waals surface area contributed by atoms with E-state index in [1.54, 1.807) is 18.2 Å². The molecular formula is C15H21Cl2NO. The van der Waals surface area contributed by atoms with Crippen molar-refractivity contribution in [2.45, 2.75) is 44.8 Å². The van der Waals surface area contributed by atoms with Gasteiger partial charge in [0.25, 0.3) is 0 Å². The van der Waals surface area contributed by atoms with Gasteiger partial charge in [0.2, 0.25) is 0 Å². The van der Waals surface area contributed by atoms with Gasteiger partial charge in [-0.05, 0) is 37.0 Å². The van der Waals surface area contributed by atoms with Crippen LogP contribution in [0, 0.1) is 5.92 Å². The van der Waals surface area contributed by atoms with E-state index < -0.39 is 6.10 Å². The van der Waals surface area contributed by atoms with Crippen molar-refractivity contribution in [2.24, 2.45) is 5.92 Å². The second-order valence-electron chi connectivity index (χ2n) is 5.37. The third-order valence-electron chi connectivity index (χ3n) is 3.72. The molecule has 2 nitrogen and oxygen atoms in total. The molecule has 0 bridgehead atoms. The van der Waals surface area contributed by atoms with Gasteiger partial charge in [0, 0.05) is 28.2 Å². The number of aliphatic hydroxyl groups excluding tert-OH is 1. The Morgan fingerprint density at radius 3 is 2.74 bits per heavy atom. The molecule has 0 aromatic heterocycles. The summed E-state index contributed by atoms with van der Waals surface area (Å²) in [4.78, 5) is 0. The van der Waals surface area contributed by atoms with Crippen LogP contribution in [0.1, 0.15) is 44.3 Å². The van der Waals surface area contributed by atoms with Gasteiger partial charge in [0.1, 0.15) is 0 Å². The van der Waals surface area contributed by atoms with E-state index in [1.165, 1.54) is 19.3 Å². The average molecular weight is 302 g/mol. The summed E-state index contributed by atoms with van der Waals surface area (Å²) in [5, 5.41) is 14.8. The minimum atomic E-state index is -0.612. The monoisotopic (exact) mass is 301 g/mol. The Balaban J connectivity index is 1.88. The molecule has 0 heterocycles. The van der Waals surface area contributed by atoms with Crippen LogP contribution in [0.15, 0.2) is 18.2 Å². The Bertz CT molecular complexity index is 421. The fourth-order valence-corrected chi connectivity index (χ4v) is 2.73. The fraction of sp³-hybridized carbons (Fsp3) is 0.600. The first-order valence-electron chi connectivity index (χ1n) is 6.96. The van der Waals surface area contributed by atoms with E-state index >= 15 is 0 Å². The topological polar surface area (TPSA) is 32.3 Å². The predicted octanol–water partition coefficient (Wildman–Crippen LogP) is 4.20. The smallest absolute Gasteiger partial charge is 0.0929 e. The Kier molecular flexibility index (Phi) is 5.52. The Hall–Kier alpha value is -0.280. The second kappa shape index (κ2) is 6.94. The van der Waals surface area contributed by atoms with E-state index in [4.69, 9.17) is 23.2 Å². The normalized spacial score (nSPS) is 18.3. The molecule has 106 valence electrons. The number of benzene rings is 1. The van der Waals surface area contributed by atoms with Gasteiger partial charge < -0.3 is 10.4 Å². The summed E-state index contributed by atoms with van der Waals surface area (Å²) < 4.78 is 0. The molecule has 1 aliphatic carbocycles. The summed E-state index contributed by atoms with van der Waals surface area (Å²) in [6, 6.07) is 5.68. The number of aliphatic hydroxyl groups is 1. The van der Waals surface area contributed by atoms with Crippen LogP contribution >= 0.6 is 23.2 Å². The molecule has 0 spiro atoms. The third-order valence-corrected chi connectivity index (χ3v) is 4.30. The molecule has 0 radical (unpaired) electrons. The first-order valence-corrected chi connectivity index (χ1v) is 7.72.